The number of nitrogens with one attached hydrogen (secondary N) is 1. The van der Waals surface area contributed by atoms with Gasteiger partial charge in [-0.2, -0.15) is 0 Å². The van der Waals surface area contributed by atoms with Crippen LogP contribution < -0.4 is 5.32 Å². The molecular weight excluding hydrogens is 226 g/mol. The first kappa shape index (κ1) is 13.0. The van der Waals surface area contributed by atoms with Crippen molar-refractivity contribution in [1.29, 1.82) is 0 Å². The van der Waals surface area contributed by atoms with Crippen LogP contribution in [0.5, 0.6) is 0 Å². The van der Waals surface area contributed by atoms with Crippen LogP contribution in [0.2, 0.25) is 0 Å². The Balaban J connectivity index is 1.98. The van der Waals surface area contributed by atoms with E-state index in [4.69, 9.17) is 0 Å². The third kappa shape index (κ3) is 3.29. The van der Waals surface area contributed by atoms with E-state index in [2.05, 4.69) is 24.1 Å². The van der Waals surface area contributed by atoms with E-state index >= 15 is 0 Å². The molecule has 1 atom stereocenters. The number of carbonyl (C=O) groups is 1. The molecule has 1 unspecified atom stereocenters. The highest BCUT2D eigenvalue weighted by Gasteiger charge is 2.28. The number of pyridine rings is 1. The minimum Gasteiger partial charge on any atom is -0.337 e. The summed E-state index contributed by atoms with van der Waals surface area (Å²) in [6.07, 6.45) is 5.56. The van der Waals surface area contributed by atoms with Crippen LogP contribution in [0.25, 0.3) is 0 Å². The van der Waals surface area contributed by atoms with Gasteiger partial charge in [0.1, 0.15) is 0 Å². The Labute approximate surface area is 108 Å². The van der Waals surface area contributed by atoms with Crippen LogP contribution in [-0.4, -0.2) is 34.4 Å². The average molecular weight is 247 g/mol. The topological polar surface area (TPSA) is 45.2 Å². The molecule has 1 amide bonds. The van der Waals surface area contributed by atoms with Gasteiger partial charge < -0.3 is 10.2 Å². The number of hydrogen-bond donors (Lipinski definition) is 1. The normalized spacial score (nSPS) is 20.5. The third-order valence-electron chi connectivity index (χ3n) is 3.19. The predicted octanol–water partition coefficient (Wildman–Crippen LogP) is 1.57. The summed E-state index contributed by atoms with van der Waals surface area (Å²) in [5.74, 6) is 0.228. The van der Waals surface area contributed by atoms with Crippen LogP contribution in [-0.2, 0) is 11.3 Å². The third-order valence-corrected chi connectivity index (χ3v) is 3.19. The van der Waals surface area contributed by atoms with Crippen molar-refractivity contribution in [3.8, 4) is 0 Å². The average Bonchev–Trinajstić information content (AvgIpc) is 2.35. The summed E-state index contributed by atoms with van der Waals surface area (Å²) in [7, 11) is 0. The van der Waals surface area contributed by atoms with E-state index in [1.807, 2.05) is 17.0 Å². The van der Waals surface area contributed by atoms with E-state index in [9.17, 15) is 4.79 Å². The predicted molar refractivity (Wildman–Crippen MR) is 70.9 cm³/mol. The number of rotatable bonds is 4. The van der Waals surface area contributed by atoms with Gasteiger partial charge in [0.2, 0.25) is 5.91 Å². The molecule has 1 aromatic heterocycles. The Hall–Kier alpha value is -1.42. The number of carbonyl (C=O) groups excluding carboxylic acids is 1. The second-order valence-electron chi connectivity index (χ2n) is 5.13. The molecule has 98 valence electrons. The molecule has 0 aliphatic carbocycles. The molecule has 0 saturated carbocycles. The number of hydrogen-bond acceptors (Lipinski definition) is 3. The monoisotopic (exact) mass is 247 g/mol. The molecule has 1 aliphatic heterocycles. The van der Waals surface area contributed by atoms with Crippen molar-refractivity contribution in [3.63, 3.8) is 0 Å². The van der Waals surface area contributed by atoms with Crippen LogP contribution in [0.15, 0.2) is 24.5 Å². The Morgan fingerprint density at radius 1 is 1.44 bits per heavy atom. The van der Waals surface area contributed by atoms with Gasteiger partial charge in [-0.05, 0) is 30.5 Å². The lowest BCUT2D eigenvalue weighted by molar-refractivity contribution is -0.136. The Kier molecular flexibility index (Phi) is 4.31. The van der Waals surface area contributed by atoms with Crippen molar-refractivity contribution in [2.24, 2.45) is 0 Å². The zero-order chi connectivity index (χ0) is 13.0. The van der Waals surface area contributed by atoms with Crippen LogP contribution >= 0.6 is 0 Å². The summed E-state index contributed by atoms with van der Waals surface area (Å²) in [6, 6.07) is 4.26. The molecular formula is C14H21N3O. The summed E-state index contributed by atoms with van der Waals surface area (Å²) in [5.41, 5.74) is 1.14. The minimum atomic E-state index is -0.0133. The Morgan fingerprint density at radius 2 is 2.17 bits per heavy atom. The highest BCUT2D eigenvalue weighted by molar-refractivity contribution is 5.82. The Morgan fingerprint density at radius 3 is 2.83 bits per heavy atom. The number of likely N-dealkylation sites (tertiary alicyclic amines) is 1. The lowest BCUT2D eigenvalue weighted by atomic mass is 10.0. The van der Waals surface area contributed by atoms with Crippen molar-refractivity contribution in [2.75, 3.05) is 6.54 Å². The van der Waals surface area contributed by atoms with Gasteiger partial charge in [-0.15, -0.1) is 0 Å². The minimum absolute atomic E-state index is 0.0133. The molecule has 0 spiro atoms. The van der Waals surface area contributed by atoms with Crippen molar-refractivity contribution < 1.29 is 4.79 Å². The largest absolute Gasteiger partial charge is 0.337 e. The molecule has 1 N–H and O–H groups in total. The van der Waals surface area contributed by atoms with Crippen LogP contribution in [0.3, 0.4) is 0 Å². The second-order valence-corrected chi connectivity index (χ2v) is 5.13. The number of amides is 1. The fourth-order valence-electron chi connectivity index (χ4n) is 2.36. The molecule has 1 aromatic rings. The van der Waals surface area contributed by atoms with Crippen molar-refractivity contribution >= 4 is 5.91 Å². The maximum Gasteiger partial charge on any atom is 0.240 e. The molecule has 0 aromatic carbocycles. The van der Waals surface area contributed by atoms with Gasteiger partial charge >= 0.3 is 0 Å². The van der Waals surface area contributed by atoms with Gasteiger partial charge in [0.15, 0.2) is 0 Å². The molecule has 2 heterocycles. The van der Waals surface area contributed by atoms with E-state index in [0.29, 0.717) is 12.6 Å². The fraction of sp³-hybridized carbons (Fsp3) is 0.571. The summed E-state index contributed by atoms with van der Waals surface area (Å²) in [4.78, 5) is 18.3. The van der Waals surface area contributed by atoms with Gasteiger partial charge in [0.05, 0.1) is 6.04 Å². The molecule has 1 fully saturated rings. The highest BCUT2D eigenvalue weighted by Crippen LogP contribution is 2.15. The SMILES string of the molecule is CC(C)NC1CCCN(Cc2ccncc2)C1=O. The van der Waals surface area contributed by atoms with Crippen LogP contribution in [0.4, 0.5) is 0 Å². The molecule has 0 bridgehead atoms. The van der Waals surface area contributed by atoms with Crippen molar-refractivity contribution in [1.82, 2.24) is 15.2 Å². The van der Waals surface area contributed by atoms with E-state index in [1.54, 1.807) is 12.4 Å². The molecule has 18 heavy (non-hydrogen) atoms. The van der Waals surface area contributed by atoms with E-state index < -0.39 is 0 Å². The summed E-state index contributed by atoms with van der Waals surface area (Å²) in [6.45, 7) is 5.71. The van der Waals surface area contributed by atoms with Gasteiger partial charge in [-0.1, -0.05) is 13.8 Å². The summed E-state index contributed by atoms with van der Waals surface area (Å²) >= 11 is 0. The van der Waals surface area contributed by atoms with Gasteiger partial charge in [0, 0.05) is 31.5 Å². The zero-order valence-corrected chi connectivity index (χ0v) is 11.1. The standard InChI is InChI=1S/C14H21N3O/c1-11(2)16-13-4-3-9-17(14(13)18)10-12-5-7-15-8-6-12/h5-8,11,13,16H,3-4,9-10H2,1-2H3. The molecule has 1 saturated heterocycles. The maximum absolute atomic E-state index is 12.3. The molecule has 4 nitrogen and oxygen atoms in total. The highest BCUT2D eigenvalue weighted by atomic mass is 16.2. The Bertz CT molecular complexity index is 391. The lowest BCUT2D eigenvalue weighted by Crippen LogP contribution is -2.51. The first-order chi connectivity index (χ1) is 8.66. The fourth-order valence-corrected chi connectivity index (χ4v) is 2.36. The molecule has 0 radical (unpaired) electrons. The smallest absolute Gasteiger partial charge is 0.240 e. The quantitative estimate of drug-likeness (QED) is 0.878. The van der Waals surface area contributed by atoms with Crippen molar-refractivity contribution in [2.45, 2.75) is 45.3 Å². The summed E-state index contributed by atoms with van der Waals surface area (Å²) in [5, 5.41) is 3.34. The molecule has 1 aliphatic rings. The number of nitrogens with zero attached hydrogens (tertiary/aromatic N) is 2. The lowest BCUT2D eigenvalue weighted by Gasteiger charge is -2.33. The first-order valence-corrected chi connectivity index (χ1v) is 6.60. The first-order valence-electron chi connectivity index (χ1n) is 6.60. The van der Waals surface area contributed by atoms with Gasteiger partial charge in [-0.25, -0.2) is 0 Å². The molecule has 4 heteroatoms. The van der Waals surface area contributed by atoms with Gasteiger partial charge in [-0.3, -0.25) is 9.78 Å². The van der Waals surface area contributed by atoms with Crippen molar-refractivity contribution in [3.05, 3.63) is 30.1 Å². The number of aromatic nitrogens is 1. The van der Waals surface area contributed by atoms with E-state index in [1.165, 1.54) is 0 Å². The zero-order valence-electron chi connectivity index (χ0n) is 11.1. The van der Waals surface area contributed by atoms with Gasteiger partial charge in [0.25, 0.3) is 0 Å². The number of piperidine rings is 1. The van der Waals surface area contributed by atoms with Crippen LogP contribution in [0, 0.1) is 0 Å². The van der Waals surface area contributed by atoms with E-state index in [-0.39, 0.29) is 11.9 Å². The second kappa shape index (κ2) is 5.96. The summed E-state index contributed by atoms with van der Waals surface area (Å²) < 4.78 is 0. The molecule has 2 rings (SSSR count). The van der Waals surface area contributed by atoms with Crippen LogP contribution in [0.1, 0.15) is 32.3 Å². The van der Waals surface area contributed by atoms with E-state index in [0.717, 1.165) is 24.9 Å². The maximum atomic E-state index is 12.3.